The van der Waals surface area contributed by atoms with Crippen molar-refractivity contribution in [1.29, 1.82) is 0 Å². The van der Waals surface area contributed by atoms with Gasteiger partial charge in [-0.05, 0) is 38.3 Å². The molecule has 1 heterocycles. The Hall–Kier alpha value is -1.62. The quantitative estimate of drug-likeness (QED) is 0.820. The third-order valence-corrected chi connectivity index (χ3v) is 3.41. The van der Waals surface area contributed by atoms with E-state index in [9.17, 15) is 9.90 Å². The lowest BCUT2D eigenvalue weighted by Gasteiger charge is -2.37. The van der Waals surface area contributed by atoms with Crippen molar-refractivity contribution in [3.8, 4) is 5.75 Å². The smallest absolute Gasteiger partial charge is 0.257 e. The summed E-state index contributed by atoms with van der Waals surface area (Å²) < 4.78 is 0. The first-order valence-corrected chi connectivity index (χ1v) is 6.38. The van der Waals surface area contributed by atoms with E-state index in [0.717, 1.165) is 19.3 Å². The predicted molar refractivity (Wildman–Crippen MR) is 68.2 cm³/mol. The van der Waals surface area contributed by atoms with Gasteiger partial charge >= 0.3 is 0 Å². The van der Waals surface area contributed by atoms with Crippen LogP contribution in [0.1, 0.15) is 36.0 Å². The van der Waals surface area contributed by atoms with Crippen LogP contribution in [-0.4, -0.2) is 40.0 Å². The number of nitrogens with two attached hydrogens (primary N) is 1. The Bertz CT molecular complexity index is 418. The summed E-state index contributed by atoms with van der Waals surface area (Å²) in [5, 5.41) is 9.69. The zero-order chi connectivity index (χ0) is 13.0. The topological polar surface area (TPSA) is 79.5 Å². The molecule has 1 aliphatic rings. The molecule has 5 nitrogen and oxygen atoms in total. The molecule has 18 heavy (non-hydrogen) atoms. The van der Waals surface area contributed by atoms with E-state index in [4.69, 9.17) is 5.73 Å². The number of carbonyl (C=O) groups excluding carboxylic acids is 1. The number of nitrogens with zero attached hydrogens (tertiary/aromatic N) is 2. The Morgan fingerprint density at radius 3 is 2.89 bits per heavy atom. The molecule has 0 aromatic carbocycles. The summed E-state index contributed by atoms with van der Waals surface area (Å²) in [5.74, 6) is -0.173. The summed E-state index contributed by atoms with van der Waals surface area (Å²) in [6.07, 6.45) is 6.86. The molecule has 2 rings (SSSR count). The molecule has 0 spiro atoms. The molecule has 0 bridgehead atoms. The van der Waals surface area contributed by atoms with Crippen molar-refractivity contribution >= 4 is 5.91 Å². The molecule has 1 amide bonds. The molecule has 5 heteroatoms. The highest BCUT2D eigenvalue weighted by Crippen LogP contribution is 2.27. The Labute approximate surface area is 107 Å². The van der Waals surface area contributed by atoms with Gasteiger partial charge in [0, 0.05) is 18.8 Å². The molecule has 1 aromatic rings. The van der Waals surface area contributed by atoms with E-state index in [1.165, 1.54) is 18.8 Å². The highest BCUT2D eigenvalue weighted by molar-refractivity contribution is 5.96. The van der Waals surface area contributed by atoms with E-state index in [2.05, 4.69) is 4.98 Å². The minimum atomic E-state index is -0.118. The fraction of sp³-hybridized carbons (Fsp3) is 0.538. The van der Waals surface area contributed by atoms with Gasteiger partial charge in [-0.15, -0.1) is 0 Å². The lowest BCUT2D eigenvalue weighted by Crippen LogP contribution is -2.45. The number of aromatic nitrogens is 1. The van der Waals surface area contributed by atoms with Gasteiger partial charge in [0.1, 0.15) is 5.75 Å². The fourth-order valence-electron chi connectivity index (χ4n) is 2.13. The lowest BCUT2D eigenvalue weighted by molar-refractivity contribution is 0.0575. The highest BCUT2D eigenvalue weighted by Gasteiger charge is 2.29. The van der Waals surface area contributed by atoms with Crippen LogP contribution < -0.4 is 5.73 Å². The second-order valence-corrected chi connectivity index (χ2v) is 4.62. The molecule has 3 N–H and O–H groups in total. The maximum atomic E-state index is 12.4. The molecule has 0 radical (unpaired) electrons. The molecule has 1 fully saturated rings. The fourth-order valence-corrected chi connectivity index (χ4v) is 2.13. The predicted octanol–water partition coefficient (Wildman–Crippen LogP) is 1.13. The van der Waals surface area contributed by atoms with Gasteiger partial charge in [-0.3, -0.25) is 9.78 Å². The van der Waals surface area contributed by atoms with E-state index in [-0.39, 0.29) is 11.7 Å². The monoisotopic (exact) mass is 249 g/mol. The van der Waals surface area contributed by atoms with Gasteiger partial charge in [0.05, 0.1) is 11.8 Å². The van der Waals surface area contributed by atoms with E-state index in [1.807, 2.05) is 4.90 Å². The van der Waals surface area contributed by atoms with Crippen molar-refractivity contribution < 1.29 is 9.90 Å². The molecule has 1 saturated carbocycles. The van der Waals surface area contributed by atoms with E-state index < -0.39 is 0 Å². The zero-order valence-corrected chi connectivity index (χ0v) is 10.4. The van der Waals surface area contributed by atoms with Gasteiger partial charge in [0.25, 0.3) is 5.91 Å². The SMILES string of the molecule is NCCCN(C(=O)c1ccncc1O)C1CCC1. The maximum Gasteiger partial charge on any atom is 0.257 e. The summed E-state index contributed by atoms with van der Waals surface area (Å²) in [7, 11) is 0. The van der Waals surface area contributed by atoms with Crippen molar-refractivity contribution in [1.82, 2.24) is 9.88 Å². The number of amides is 1. The van der Waals surface area contributed by atoms with Crippen molar-refractivity contribution in [3.05, 3.63) is 24.0 Å². The standard InChI is InChI=1S/C13H19N3O2/c14-6-2-8-16(10-3-1-4-10)13(18)11-5-7-15-9-12(11)17/h5,7,9-10,17H,1-4,6,8,14H2. The Morgan fingerprint density at radius 1 is 1.56 bits per heavy atom. The van der Waals surface area contributed by atoms with E-state index in [0.29, 0.717) is 24.7 Å². The van der Waals surface area contributed by atoms with Crippen LogP contribution in [0.5, 0.6) is 5.75 Å². The van der Waals surface area contributed by atoms with Crippen LogP contribution in [0.2, 0.25) is 0 Å². The normalized spacial score (nSPS) is 15.2. The molecular weight excluding hydrogens is 230 g/mol. The van der Waals surface area contributed by atoms with Gasteiger partial charge in [-0.25, -0.2) is 0 Å². The first-order valence-electron chi connectivity index (χ1n) is 6.38. The van der Waals surface area contributed by atoms with Crippen LogP contribution in [0.4, 0.5) is 0 Å². The molecular formula is C13H19N3O2. The number of carbonyl (C=O) groups is 1. The average molecular weight is 249 g/mol. The largest absolute Gasteiger partial charge is 0.505 e. The van der Waals surface area contributed by atoms with Crippen molar-refractivity contribution in [2.24, 2.45) is 5.73 Å². The number of hydrogen-bond donors (Lipinski definition) is 2. The van der Waals surface area contributed by atoms with Gasteiger partial charge in [-0.2, -0.15) is 0 Å². The zero-order valence-electron chi connectivity index (χ0n) is 10.4. The maximum absolute atomic E-state index is 12.4. The van der Waals surface area contributed by atoms with Crippen molar-refractivity contribution in [3.63, 3.8) is 0 Å². The van der Waals surface area contributed by atoms with Gasteiger partial charge in [0.15, 0.2) is 0 Å². The molecule has 0 unspecified atom stereocenters. The number of rotatable bonds is 5. The third-order valence-electron chi connectivity index (χ3n) is 3.41. The summed E-state index contributed by atoms with van der Waals surface area (Å²) in [6, 6.07) is 1.86. The number of hydrogen-bond acceptors (Lipinski definition) is 4. The van der Waals surface area contributed by atoms with Gasteiger partial charge in [-0.1, -0.05) is 0 Å². The summed E-state index contributed by atoms with van der Waals surface area (Å²) >= 11 is 0. The lowest BCUT2D eigenvalue weighted by atomic mass is 9.90. The second kappa shape index (κ2) is 5.82. The van der Waals surface area contributed by atoms with E-state index >= 15 is 0 Å². The molecule has 1 aromatic heterocycles. The number of pyridine rings is 1. The molecule has 0 atom stereocenters. The summed E-state index contributed by atoms with van der Waals surface area (Å²) in [6.45, 7) is 1.22. The molecule has 1 aliphatic carbocycles. The van der Waals surface area contributed by atoms with Crippen LogP contribution in [0.3, 0.4) is 0 Å². The minimum Gasteiger partial charge on any atom is -0.505 e. The van der Waals surface area contributed by atoms with Crippen LogP contribution in [0.15, 0.2) is 18.5 Å². The Morgan fingerprint density at radius 2 is 2.33 bits per heavy atom. The van der Waals surface area contributed by atoms with Gasteiger partial charge in [0.2, 0.25) is 0 Å². The second-order valence-electron chi connectivity index (χ2n) is 4.62. The third kappa shape index (κ3) is 2.61. The van der Waals surface area contributed by atoms with Crippen LogP contribution >= 0.6 is 0 Å². The Balaban J connectivity index is 2.14. The highest BCUT2D eigenvalue weighted by atomic mass is 16.3. The van der Waals surface area contributed by atoms with E-state index in [1.54, 1.807) is 6.07 Å². The number of aromatic hydroxyl groups is 1. The molecule has 0 saturated heterocycles. The van der Waals surface area contributed by atoms with Crippen molar-refractivity contribution in [2.45, 2.75) is 31.7 Å². The summed E-state index contributed by atoms with van der Waals surface area (Å²) in [4.78, 5) is 18.0. The average Bonchev–Trinajstić information content (AvgIpc) is 2.32. The van der Waals surface area contributed by atoms with Crippen molar-refractivity contribution in [2.75, 3.05) is 13.1 Å². The first kappa shape index (κ1) is 12.8. The summed E-state index contributed by atoms with van der Waals surface area (Å²) in [5.41, 5.74) is 5.84. The first-order chi connectivity index (χ1) is 8.74. The Kier molecular flexibility index (Phi) is 4.15. The van der Waals surface area contributed by atoms with Crippen LogP contribution in [0.25, 0.3) is 0 Å². The molecule has 98 valence electrons. The van der Waals surface area contributed by atoms with Crippen LogP contribution in [0, 0.1) is 0 Å². The van der Waals surface area contributed by atoms with Crippen LogP contribution in [-0.2, 0) is 0 Å². The minimum absolute atomic E-state index is 0.0560. The molecule has 0 aliphatic heterocycles. The van der Waals surface area contributed by atoms with Gasteiger partial charge < -0.3 is 15.7 Å².